The second-order valence-corrected chi connectivity index (χ2v) is 7.18. The van der Waals surface area contributed by atoms with Gasteiger partial charge in [0.1, 0.15) is 5.75 Å². The van der Waals surface area contributed by atoms with Gasteiger partial charge in [-0.05, 0) is 55.8 Å². The number of amides is 1. The highest BCUT2D eigenvalue weighted by Crippen LogP contribution is 2.35. The van der Waals surface area contributed by atoms with Crippen molar-refractivity contribution in [2.24, 2.45) is 0 Å². The number of ether oxygens (including phenoxy) is 1. The number of rotatable bonds is 5. The first-order valence-electron chi connectivity index (χ1n) is 9.18. The Morgan fingerprint density at radius 1 is 1.25 bits per heavy atom. The van der Waals surface area contributed by atoms with E-state index < -0.39 is 0 Å². The van der Waals surface area contributed by atoms with Gasteiger partial charge in [0.15, 0.2) is 0 Å². The fourth-order valence-corrected chi connectivity index (χ4v) is 3.66. The van der Waals surface area contributed by atoms with Crippen LogP contribution in [0, 0.1) is 6.92 Å². The van der Waals surface area contributed by atoms with E-state index in [-0.39, 0.29) is 11.8 Å². The fourth-order valence-electron chi connectivity index (χ4n) is 3.32. The van der Waals surface area contributed by atoms with E-state index in [0.717, 1.165) is 16.9 Å². The molecule has 7 heteroatoms. The van der Waals surface area contributed by atoms with E-state index in [9.17, 15) is 4.79 Å². The smallest absolute Gasteiger partial charge is 0.232 e. The van der Waals surface area contributed by atoms with E-state index in [1.54, 1.807) is 4.90 Å². The van der Waals surface area contributed by atoms with Gasteiger partial charge in [0.2, 0.25) is 17.6 Å². The van der Waals surface area contributed by atoms with Crippen molar-refractivity contribution >= 4 is 23.2 Å². The molecule has 0 saturated carbocycles. The van der Waals surface area contributed by atoms with Crippen molar-refractivity contribution in [2.75, 3.05) is 18.1 Å². The second kappa shape index (κ2) is 7.64. The van der Waals surface area contributed by atoms with Gasteiger partial charge in [-0.15, -0.1) is 0 Å². The molecule has 4 rings (SSSR count). The Hall–Kier alpha value is -2.86. The molecule has 0 aliphatic carbocycles. The molecule has 6 nitrogen and oxygen atoms in total. The van der Waals surface area contributed by atoms with Crippen molar-refractivity contribution in [3.05, 3.63) is 58.9 Å². The Morgan fingerprint density at radius 2 is 2.04 bits per heavy atom. The number of nitrogens with zero attached hydrogens (tertiary/aromatic N) is 3. The summed E-state index contributed by atoms with van der Waals surface area (Å²) in [7, 11) is 0. The van der Waals surface area contributed by atoms with Gasteiger partial charge in [0.05, 0.1) is 23.2 Å². The second-order valence-electron chi connectivity index (χ2n) is 6.77. The maximum absolute atomic E-state index is 12.5. The van der Waals surface area contributed by atoms with E-state index in [1.165, 1.54) is 0 Å². The molecule has 0 bridgehead atoms. The van der Waals surface area contributed by atoms with Crippen molar-refractivity contribution in [3.63, 3.8) is 0 Å². The Labute approximate surface area is 168 Å². The van der Waals surface area contributed by atoms with Crippen molar-refractivity contribution in [1.82, 2.24) is 10.1 Å². The third-order valence-electron chi connectivity index (χ3n) is 4.73. The highest BCUT2D eigenvalue weighted by atomic mass is 35.5. The van der Waals surface area contributed by atoms with Crippen LogP contribution in [0.4, 0.5) is 5.69 Å². The number of hydrogen-bond acceptors (Lipinski definition) is 5. The van der Waals surface area contributed by atoms with Gasteiger partial charge < -0.3 is 14.2 Å². The van der Waals surface area contributed by atoms with Crippen molar-refractivity contribution in [3.8, 4) is 17.1 Å². The summed E-state index contributed by atoms with van der Waals surface area (Å²) in [6.07, 6.45) is 0.315. The van der Waals surface area contributed by atoms with E-state index in [0.29, 0.717) is 42.0 Å². The number of hydrogen-bond donors (Lipinski definition) is 0. The van der Waals surface area contributed by atoms with E-state index in [1.807, 2.05) is 56.3 Å². The van der Waals surface area contributed by atoms with Crippen LogP contribution in [0.5, 0.6) is 5.75 Å². The monoisotopic (exact) mass is 397 g/mol. The molecule has 28 heavy (non-hydrogen) atoms. The minimum absolute atomic E-state index is 0.00318. The Bertz CT molecular complexity index is 1000. The summed E-state index contributed by atoms with van der Waals surface area (Å²) in [4.78, 5) is 18.7. The predicted molar refractivity (Wildman–Crippen MR) is 107 cm³/mol. The van der Waals surface area contributed by atoms with Crippen LogP contribution in [0.25, 0.3) is 11.4 Å². The van der Waals surface area contributed by atoms with E-state index >= 15 is 0 Å². The first-order valence-corrected chi connectivity index (χ1v) is 9.56. The molecule has 0 spiro atoms. The number of aromatic nitrogens is 2. The lowest BCUT2D eigenvalue weighted by Crippen LogP contribution is -2.24. The molecule has 1 atom stereocenters. The van der Waals surface area contributed by atoms with Crippen LogP contribution < -0.4 is 9.64 Å². The van der Waals surface area contributed by atoms with Crippen LogP contribution >= 0.6 is 11.6 Å². The summed E-state index contributed by atoms with van der Waals surface area (Å²) in [5.74, 6) is 1.59. The Balaban J connectivity index is 1.52. The first-order chi connectivity index (χ1) is 13.5. The van der Waals surface area contributed by atoms with Gasteiger partial charge in [-0.2, -0.15) is 4.98 Å². The van der Waals surface area contributed by atoms with Crippen LogP contribution in [0.2, 0.25) is 5.02 Å². The standard InChI is InChI=1S/C21H20ClN3O3/c1-3-27-16-7-5-14(6-8-16)20-23-21(28-24-20)15-11-19(26)25(12-15)18-9-4-13(2)10-17(18)22/h4-10,15H,3,11-12H2,1-2H3. The Kier molecular flexibility index (Phi) is 5.05. The SMILES string of the molecule is CCOc1ccc(-c2noc(C3CC(=O)N(c4ccc(C)cc4Cl)C3)n2)cc1. The number of halogens is 1. The molecule has 2 aromatic carbocycles. The molecular formula is C21H20ClN3O3. The van der Waals surface area contributed by atoms with Crippen LogP contribution in [0.1, 0.15) is 30.7 Å². The minimum Gasteiger partial charge on any atom is -0.494 e. The lowest BCUT2D eigenvalue weighted by molar-refractivity contribution is -0.117. The number of benzene rings is 2. The minimum atomic E-state index is -0.159. The average molecular weight is 398 g/mol. The highest BCUT2D eigenvalue weighted by molar-refractivity contribution is 6.34. The molecule has 1 aromatic heterocycles. The highest BCUT2D eigenvalue weighted by Gasteiger charge is 2.36. The molecular weight excluding hydrogens is 378 g/mol. The summed E-state index contributed by atoms with van der Waals surface area (Å²) in [5, 5.41) is 4.64. The third-order valence-corrected chi connectivity index (χ3v) is 5.04. The number of aryl methyl sites for hydroxylation is 1. The lowest BCUT2D eigenvalue weighted by Gasteiger charge is -2.18. The molecule has 2 heterocycles. The number of carbonyl (C=O) groups is 1. The molecule has 0 N–H and O–H groups in total. The normalized spacial score (nSPS) is 16.6. The molecule has 1 fully saturated rings. The van der Waals surface area contributed by atoms with Crippen molar-refractivity contribution < 1.29 is 14.1 Å². The fraction of sp³-hybridized carbons (Fsp3) is 0.286. The van der Waals surface area contributed by atoms with E-state index in [2.05, 4.69) is 10.1 Å². The summed E-state index contributed by atoms with van der Waals surface area (Å²) in [6.45, 7) is 4.98. The van der Waals surface area contributed by atoms with Crippen LogP contribution in [0.15, 0.2) is 47.0 Å². The third kappa shape index (κ3) is 3.60. The summed E-state index contributed by atoms with van der Waals surface area (Å²) >= 11 is 6.33. The molecule has 144 valence electrons. The predicted octanol–water partition coefficient (Wildman–Crippen LogP) is 4.62. The summed E-state index contributed by atoms with van der Waals surface area (Å²) in [6, 6.07) is 13.2. The number of anilines is 1. The first kappa shape index (κ1) is 18.5. The van der Waals surface area contributed by atoms with Gasteiger partial charge in [-0.1, -0.05) is 22.8 Å². The molecule has 1 amide bonds. The topological polar surface area (TPSA) is 68.5 Å². The lowest BCUT2D eigenvalue weighted by atomic mass is 10.1. The van der Waals surface area contributed by atoms with Gasteiger partial charge in [0, 0.05) is 18.5 Å². The largest absolute Gasteiger partial charge is 0.494 e. The van der Waals surface area contributed by atoms with Crippen LogP contribution in [-0.4, -0.2) is 29.2 Å². The van der Waals surface area contributed by atoms with Gasteiger partial charge in [-0.25, -0.2) is 0 Å². The van der Waals surface area contributed by atoms with Gasteiger partial charge in [0.25, 0.3) is 0 Å². The van der Waals surface area contributed by atoms with E-state index in [4.69, 9.17) is 20.9 Å². The van der Waals surface area contributed by atoms with Crippen LogP contribution in [0.3, 0.4) is 0 Å². The molecule has 3 aromatic rings. The zero-order valence-electron chi connectivity index (χ0n) is 15.7. The van der Waals surface area contributed by atoms with Crippen LogP contribution in [-0.2, 0) is 4.79 Å². The molecule has 1 aliphatic rings. The maximum atomic E-state index is 12.5. The van der Waals surface area contributed by atoms with Crippen molar-refractivity contribution in [1.29, 1.82) is 0 Å². The quantitative estimate of drug-likeness (QED) is 0.628. The Morgan fingerprint density at radius 3 is 2.75 bits per heavy atom. The molecule has 0 radical (unpaired) electrons. The summed E-state index contributed by atoms with van der Waals surface area (Å²) in [5.41, 5.74) is 2.60. The van der Waals surface area contributed by atoms with Gasteiger partial charge in [-0.3, -0.25) is 4.79 Å². The zero-order valence-corrected chi connectivity index (χ0v) is 16.4. The zero-order chi connectivity index (χ0) is 19.7. The van der Waals surface area contributed by atoms with Crippen molar-refractivity contribution in [2.45, 2.75) is 26.2 Å². The molecule has 1 saturated heterocycles. The maximum Gasteiger partial charge on any atom is 0.232 e. The van der Waals surface area contributed by atoms with Gasteiger partial charge >= 0.3 is 0 Å². The average Bonchev–Trinajstić information content (AvgIpc) is 3.30. The molecule has 1 unspecified atom stereocenters. The number of carbonyl (C=O) groups excluding carboxylic acids is 1. The molecule has 1 aliphatic heterocycles. The summed E-state index contributed by atoms with van der Waals surface area (Å²) < 4.78 is 10.9.